The highest BCUT2D eigenvalue weighted by Crippen LogP contribution is 2.20. The molecule has 22 heavy (non-hydrogen) atoms. The summed E-state index contributed by atoms with van der Waals surface area (Å²) < 4.78 is 4.96. The summed E-state index contributed by atoms with van der Waals surface area (Å²) in [4.78, 5) is 12.0. The van der Waals surface area contributed by atoms with Crippen molar-refractivity contribution in [2.45, 2.75) is 19.8 Å². The van der Waals surface area contributed by atoms with Crippen molar-refractivity contribution in [2.75, 3.05) is 20.3 Å². The predicted octanol–water partition coefficient (Wildman–Crippen LogP) is 3.68. The molecule has 0 spiro atoms. The zero-order valence-electron chi connectivity index (χ0n) is 13.3. The molecule has 0 aliphatic rings. The molecule has 0 radical (unpaired) electrons. The van der Waals surface area contributed by atoms with E-state index in [1.165, 1.54) is 11.1 Å². The Morgan fingerprint density at radius 1 is 1.00 bits per heavy atom. The molecule has 0 bridgehead atoms. The maximum Gasteiger partial charge on any atom is 0.251 e. The van der Waals surface area contributed by atoms with E-state index in [4.69, 9.17) is 4.74 Å². The van der Waals surface area contributed by atoms with E-state index >= 15 is 0 Å². The number of hydrogen-bond acceptors (Lipinski definition) is 2. The number of aryl methyl sites for hydroxylation is 1. The van der Waals surface area contributed by atoms with Crippen LogP contribution in [-0.2, 0) is 11.2 Å². The first kappa shape index (κ1) is 16.2. The fraction of sp³-hybridized carbons (Fsp3) is 0.316. The van der Waals surface area contributed by atoms with Crippen LogP contribution in [0.3, 0.4) is 0 Å². The molecule has 3 heteroatoms. The lowest BCUT2D eigenvalue weighted by Crippen LogP contribution is -2.25. The van der Waals surface area contributed by atoms with Crippen LogP contribution in [0.2, 0.25) is 0 Å². The first-order valence-corrected chi connectivity index (χ1v) is 7.71. The van der Waals surface area contributed by atoms with Gasteiger partial charge in [-0.1, -0.05) is 43.3 Å². The average Bonchev–Trinajstić information content (AvgIpc) is 2.59. The molecule has 0 aliphatic heterocycles. The predicted molar refractivity (Wildman–Crippen MR) is 90.1 cm³/mol. The van der Waals surface area contributed by atoms with E-state index in [9.17, 15) is 4.79 Å². The molecule has 2 aromatic carbocycles. The zero-order valence-corrected chi connectivity index (χ0v) is 13.3. The van der Waals surface area contributed by atoms with Gasteiger partial charge in [-0.05, 0) is 41.7 Å². The lowest BCUT2D eigenvalue weighted by molar-refractivity contribution is 0.0948. The third-order valence-electron chi connectivity index (χ3n) is 3.65. The van der Waals surface area contributed by atoms with E-state index in [0.717, 1.165) is 18.4 Å². The smallest absolute Gasteiger partial charge is 0.251 e. The van der Waals surface area contributed by atoms with Crippen molar-refractivity contribution >= 4 is 5.91 Å². The molecule has 2 aromatic rings. The van der Waals surface area contributed by atoms with Gasteiger partial charge in [-0.3, -0.25) is 4.79 Å². The molecule has 0 saturated carbocycles. The Morgan fingerprint density at radius 2 is 1.59 bits per heavy atom. The summed E-state index contributed by atoms with van der Waals surface area (Å²) in [5, 5.41) is 2.89. The molecule has 0 heterocycles. The molecule has 3 nitrogen and oxygen atoms in total. The van der Waals surface area contributed by atoms with Crippen LogP contribution < -0.4 is 5.32 Å². The highest BCUT2D eigenvalue weighted by atomic mass is 16.5. The summed E-state index contributed by atoms with van der Waals surface area (Å²) in [5.41, 5.74) is 4.31. The van der Waals surface area contributed by atoms with Crippen LogP contribution in [0.1, 0.15) is 29.3 Å². The Bertz CT molecular complexity index is 588. The van der Waals surface area contributed by atoms with E-state index in [-0.39, 0.29) is 5.91 Å². The summed E-state index contributed by atoms with van der Waals surface area (Å²) in [5.74, 6) is -0.0380. The molecule has 0 aliphatic carbocycles. The first-order valence-electron chi connectivity index (χ1n) is 7.71. The number of nitrogens with one attached hydrogen (secondary N) is 1. The van der Waals surface area contributed by atoms with E-state index in [1.54, 1.807) is 7.11 Å². The minimum atomic E-state index is -0.0380. The number of carbonyl (C=O) groups is 1. The summed E-state index contributed by atoms with van der Waals surface area (Å²) in [6.45, 7) is 3.44. The molecular formula is C19H23NO2. The van der Waals surface area contributed by atoms with E-state index in [2.05, 4.69) is 36.5 Å². The third-order valence-corrected chi connectivity index (χ3v) is 3.65. The number of ether oxygens (including phenoxy) is 1. The molecule has 0 fully saturated rings. The molecule has 0 saturated heterocycles. The first-order chi connectivity index (χ1) is 10.7. The maximum atomic E-state index is 12.0. The number of amides is 1. The van der Waals surface area contributed by atoms with Gasteiger partial charge in [0.05, 0.1) is 0 Å². The molecule has 0 unspecified atom stereocenters. The Morgan fingerprint density at radius 3 is 2.14 bits per heavy atom. The molecule has 116 valence electrons. The molecule has 0 atom stereocenters. The lowest BCUT2D eigenvalue weighted by Gasteiger charge is -2.07. The van der Waals surface area contributed by atoms with Crippen LogP contribution in [0.4, 0.5) is 0 Å². The Balaban J connectivity index is 1.98. The van der Waals surface area contributed by atoms with Crippen molar-refractivity contribution in [3.05, 3.63) is 59.7 Å². The monoisotopic (exact) mass is 297 g/mol. The highest BCUT2D eigenvalue weighted by molar-refractivity contribution is 5.94. The summed E-state index contributed by atoms with van der Waals surface area (Å²) in [7, 11) is 1.66. The Hall–Kier alpha value is -2.13. The summed E-state index contributed by atoms with van der Waals surface area (Å²) in [6.07, 6.45) is 1.87. The minimum absolute atomic E-state index is 0.0380. The van der Waals surface area contributed by atoms with Crippen molar-refractivity contribution in [3.63, 3.8) is 0 Å². The number of rotatable bonds is 7. The fourth-order valence-electron chi connectivity index (χ4n) is 2.27. The molecular weight excluding hydrogens is 274 g/mol. The number of hydrogen-bond donors (Lipinski definition) is 1. The summed E-state index contributed by atoms with van der Waals surface area (Å²) in [6, 6.07) is 16.3. The quantitative estimate of drug-likeness (QED) is 0.792. The largest absolute Gasteiger partial charge is 0.385 e. The van der Waals surface area contributed by atoms with Gasteiger partial charge < -0.3 is 10.1 Å². The molecule has 1 N–H and O–H groups in total. The highest BCUT2D eigenvalue weighted by Gasteiger charge is 2.05. The minimum Gasteiger partial charge on any atom is -0.385 e. The SMILES string of the molecule is CCc1ccc(-c2ccc(C(=O)NCCCOC)cc2)cc1. The van der Waals surface area contributed by atoms with Crippen LogP contribution in [0, 0.1) is 0 Å². The van der Waals surface area contributed by atoms with Crippen molar-refractivity contribution in [2.24, 2.45) is 0 Å². The van der Waals surface area contributed by atoms with Gasteiger partial charge in [0.2, 0.25) is 0 Å². The number of methoxy groups -OCH3 is 1. The van der Waals surface area contributed by atoms with E-state index in [0.29, 0.717) is 18.7 Å². The second-order valence-corrected chi connectivity index (χ2v) is 5.23. The van der Waals surface area contributed by atoms with E-state index < -0.39 is 0 Å². The molecule has 2 rings (SSSR count). The summed E-state index contributed by atoms with van der Waals surface area (Å²) >= 11 is 0. The third kappa shape index (κ3) is 4.43. The van der Waals surface area contributed by atoms with Gasteiger partial charge in [0.15, 0.2) is 0 Å². The van der Waals surface area contributed by atoms with Crippen LogP contribution in [0.5, 0.6) is 0 Å². The van der Waals surface area contributed by atoms with Crippen LogP contribution in [0.25, 0.3) is 11.1 Å². The van der Waals surface area contributed by atoms with Gasteiger partial charge in [0.25, 0.3) is 5.91 Å². The van der Waals surface area contributed by atoms with Gasteiger partial charge >= 0.3 is 0 Å². The average molecular weight is 297 g/mol. The van der Waals surface area contributed by atoms with Gasteiger partial charge in [0.1, 0.15) is 0 Å². The Kier molecular flexibility index (Phi) is 6.16. The van der Waals surface area contributed by atoms with Crippen molar-refractivity contribution in [3.8, 4) is 11.1 Å². The van der Waals surface area contributed by atoms with Crippen LogP contribution >= 0.6 is 0 Å². The van der Waals surface area contributed by atoms with Crippen molar-refractivity contribution in [1.29, 1.82) is 0 Å². The standard InChI is InChI=1S/C19H23NO2/c1-3-15-5-7-16(8-6-15)17-9-11-18(12-10-17)19(21)20-13-4-14-22-2/h5-12H,3-4,13-14H2,1-2H3,(H,20,21). The van der Waals surface area contributed by atoms with Gasteiger partial charge in [-0.25, -0.2) is 0 Å². The van der Waals surface area contributed by atoms with Crippen molar-refractivity contribution < 1.29 is 9.53 Å². The lowest BCUT2D eigenvalue weighted by atomic mass is 10.0. The fourth-order valence-corrected chi connectivity index (χ4v) is 2.27. The zero-order chi connectivity index (χ0) is 15.8. The molecule has 0 aromatic heterocycles. The van der Waals surface area contributed by atoms with Crippen LogP contribution in [-0.4, -0.2) is 26.2 Å². The second-order valence-electron chi connectivity index (χ2n) is 5.23. The van der Waals surface area contributed by atoms with Gasteiger partial charge in [-0.2, -0.15) is 0 Å². The van der Waals surface area contributed by atoms with Gasteiger partial charge in [0, 0.05) is 25.8 Å². The van der Waals surface area contributed by atoms with Gasteiger partial charge in [-0.15, -0.1) is 0 Å². The Labute approximate surface area is 132 Å². The topological polar surface area (TPSA) is 38.3 Å². The number of benzene rings is 2. The van der Waals surface area contributed by atoms with Crippen LogP contribution in [0.15, 0.2) is 48.5 Å². The number of carbonyl (C=O) groups excluding carboxylic acids is 1. The molecule has 1 amide bonds. The normalized spacial score (nSPS) is 10.5. The second kappa shape index (κ2) is 8.35. The van der Waals surface area contributed by atoms with E-state index in [1.807, 2.05) is 24.3 Å². The maximum absolute atomic E-state index is 12.0. The van der Waals surface area contributed by atoms with Crippen molar-refractivity contribution in [1.82, 2.24) is 5.32 Å².